The van der Waals surface area contributed by atoms with Crippen molar-refractivity contribution in [2.45, 2.75) is 12.5 Å². The highest BCUT2D eigenvalue weighted by Crippen LogP contribution is 1.98. The fraction of sp³-hybridized carbons (Fsp3) is 0.182. The van der Waals surface area contributed by atoms with Gasteiger partial charge in [-0.1, -0.05) is 0 Å². The number of carboxylic acids is 1. The van der Waals surface area contributed by atoms with Crippen LogP contribution in [0.4, 0.5) is 5.95 Å². The third-order valence-corrected chi connectivity index (χ3v) is 2.62. The molecule has 0 unspecified atom stereocenters. The number of hydrogen-bond donors (Lipinski definition) is 6. The Balaban J connectivity index is 0.000000160. The van der Waals surface area contributed by atoms with Crippen molar-refractivity contribution in [3.8, 4) is 0 Å². The third kappa shape index (κ3) is 3.67. The summed E-state index contributed by atoms with van der Waals surface area (Å²) in [5, 5.41) is 8.42. The largest absolute Gasteiger partial charge is 0.480 e. The molecule has 8 N–H and O–H groups in total. The van der Waals surface area contributed by atoms with Crippen molar-refractivity contribution in [2.24, 2.45) is 5.73 Å². The fourth-order valence-corrected chi connectivity index (χ4v) is 1.57. The molecule has 0 aliphatic rings. The Kier molecular flexibility index (Phi) is 4.48. The Morgan fingerprint density at radius 1 is 1.36 bits per heavy atom. The Labute approximate surface area is 122 Å². The highest BCUT2D eigenvalue weighted by molar-refractivity contribution is 5.73. The van der Waals surface area contributed by atoms with Crippen LogP contribution in [0.3, 0.4) is 0 Å². The Bertz CT molecular complexity index is 806. The molecule has 3 rings (SSSR count). The van der Waals surface area contributed by atoms with Crippen LogP contribution in [0.2, 0.25) is 0 Å². The average molecular weight is 306 g/mol. The summed E-state index contributed by atoms with van der Waals surface area (Å²) >= 11 is 0. The molecule has 11 nitrogen and oxygen atoms in total. The van der Waals surface area contributed by atoms with Gasteiger partial charge in [0.25, 0.3) is 5.56 Å². The molecule has 1 atom stereocenters. The first-order chi connectivity index (χ1) is 10.5. The van der Waals surface area contributed by atoms with E-state index in [0.717, 1.165) is 0 Å². The molecule has 0 amide bonds. The van der Waals surface area contributed by atoms with Gasteiger partial charge in [-0.05, 0) is 0 Å². The maximum Gasteiger partial charge on any atom is 0.320 e. The van der Waals surface area contributed by atoms with Crippen molar-refractivity contribution in [2.75, 3.05) is 5.73 Å². The molecule has 3 heterocycles. The zero-order valence-electron chi connectivity index (χ0n) is 11.3. The van der Waals surface area contributed by atoms with E-state index >= 15 is 0 Å². The predicted octanol–water partition coefficient (Wildman–Crippen LogP) is -1.41. The molecule has 0 bridgehead atoms. The van der Waals surface area contributed by atoms with Crippen molar-refractivity contribution in [3.05, 3.63) is 34.9 Å². The smallest absolute Gasteiger partial charge is 0.320 e. The maximum atomic E-state index is 11.0. The van der Waals surface area contributed by atoms with Crippen LogP contribution in [0.1, 0.15) is 5.69 Å². The number of hydrogen-bond acceptors (Lipinski definition) is 7. The van der Waals surface area contributed by atoms with E-state index in [2.05, 4.69) is 29.9 Å². The monoisotopic (exact) mass is 306 g/mol. The van der Waals surface area contributed by atoms with Gasteiger partial charge in [0, 0.05) is 12.6 Å². The number of nitrogens with two attached hydrogens (primary N) is 2. The van der Waals surface area contributed by atoms with Gasteiger partial charge >= 0.3 is 5.97 Å². The highest BCUT2D eigenvalue weighted by Gasteiger charge is 2.12. The Morgan fingerprint density at radius 3 is 2.77 bits per heavy atom. The van der Waals surface area contributed by atoms with Crippen LogP contribution >= 0.6 is 0 Å². The van der Waals surface area contributed by atoms with E-state index in [-0.39, 0.29) is 17.9 Å². The van der Waals surface area contributed by atoms with Crippen molar-refractivity contribution in [3.63, 3.8) is 0 Å². The number of nitrogen functional groups attached to an aromatic ring is 1. The van der Waals surface area contributed by atoms with Crippen LogP contribution in [0.5, 0.6) is 0 Å². The zero-order valence-corrected chi connectivity index (χ0v) is 11.3. The second-order valence-electron chi connectivity index (χ2n) is 4.26. The van der Waals surface area contributed by atoms with Crippen molar-refractivity contribution < 1.29 is 9.90 Å². The molecule has 0 fully saturated rings. The second-order valence-corrected chi connectivity index (χ2v) is 4.26. The number of imidazole rings is 2. The van der Waals surface area contributed by atoms with E-state index in [1.165, 1.54) is 12.7 Å². The quantitative estimate of drug-likeness (QED) is 0.339. The number of aromatic nitrogens is 6. The lowest BCUT2D eigenvalue weighted by Gasteiger charge is -2.01. The summed E-state index contributed by atoms with van der Waals surface area (Å²) in [4.78, 5) is 40.4. The van der Waals surface area contributed by atoms with Gasteiger partial charge in [0.2, 0.25) is 5.95 Å². The first kappa shape index (κ1) is 15.2. The molecule has 22 heavy (non-hydrogen) atoms. The van der Waals surface area contributed by atoms with E-state index in [9.17, 15) is 9.59 Å². The summed E-state index contributed by atoms with van der Waals surface area (Å²) < 4.78 is 0. The third-order valence-electron chi connectivity index (χ3n) is 2.62. The van der Waals surface area contributed by atoms with Crippen LogP contribution in [0.25, 0.3) is 11.2 Å². The number of carbonyl (C=O) groups is 1. The maximum absolute atomic E-state index is 11.0. The van der Waals surface area contributed by atoms with Gasteiger partial charge in [0.15, 0.2) is 11.2 Å². The summed E-state index contributed by atoms with van der Waals surface area (Å²) in [6.45, 7) is 0. The molecule has 0 saturated heterocycles. The standard InChI is InChI=1S/C6H9N3O2.C5H5N5O/c7-5(6(10)11)1-4-2-8-3-9-4;6-5-9-3-2(4(11)10-5)7-1-8-3/h2-3,5H,1,7H2,(H,8,9)(H,10,11);1H,(H4,6,7,8,9,10,11)/t5-;/m0./s1. The van der Waals surface area contributed by atoms with Crippen molar-refractivity contribution in [1.82, 2.24) is 29.9 Å². The molecule has 0 aliphatic heterocycles. The topological polar surface area (TPSA) is 192 Å². The number of anilines is 1. The van der Waals surface area contributed by atoms with Crippen LogP contribution in [-0.2, 0) is 11.2 Å². The first-order valence-electron chi connectivity index (χ1n) is 6.12. The number of nitrogens with zero attached hydrogens (tertiary/aromatic N) is 3. The lowest BCUT2D eigenvalue weighted by atomic mass is 10.2. The fourth-order valence-electron chi connectivity index (χ4n) is 1.57. The number of H-pyrrole nitrogens is 3. The van der Waals surface area contributed by atoms with Crippen LogP contribution in [-0.4, -0.2) is 47.0 Å². The molecule has 116 valence electrons. The number of carboxylic acid groups (broad SMARTS) is 1. The molecular formula is C11H14N8O3. The van der Waals surface area contributed by atoms with E-state index in [1.807, 2.05) is 0 Å². The molecule has 0 aliphatic carbocycles. The molecule has 3 aromatic heterocycles. The van der Waals surface area contributed by atoms with Crippen molar-refractivity contribution >= 4 is 23.1 Å². The number of aliphatic carboxylic acids is 1. The lowest BCUT2D eigenvalue weighted by molar-refractivity contribution is -0.138. The molecule has 0 spiro atoms. The van der Waals surface area contributed by atoms with Crippen molar-refractivity contribution in [1.29, 1.82) is 0 Å². The summed E-state index contributed by atoms with van der Waals surface area (Å²) in [6.07, 6.45) is 4.78. The molecule has 3 aromatic rings. The molecule has 0 aromatic carbocycles. The Morgan fingerprint density at radius 2 is 2.14 bits per heavy atom. The van der Waals surface area contributed by atoms with Crippen LogP contribution < -0.4 is 17.0 Å². The van der Waals surface area contributed by atoms with Gasteiger partial charge in [0.1, 0.15) is 6.04 Å². The van der Waals surface area contributed by atoms with Crippen LogP contribution in [0, 0.1) is 0 Å². The van der Waals surface area contributed by atoms with Gasteiger partial charge in [-0.2, -0.15) is 4.98 Å². The summed E-state index contributed by atoms with van der Waals surface area (Å²) in [5.41, 5.74) is 11.6. The number of fused-ring (bicyclic) bond motifs is 1. The lowest BCUT2D eigenvalue weighted by Crippen LogP contribution is -2.32. The number of aromatic amines is 3. The van der Waals surface area contributed by atoms with Gasteiger partial charge < -0.3 is 26.5 Å². The van der Waals surface area contributed by atoms with Gasteiger partial charge in [-0.25, -0.2) is 9.97 Å². The van der Waals surface area contributed by atoms with E-state index in [1.54, 1.807) is 6.20 Å². The summed E-state index contributed by atoms with van der Waals surface area (Å²) in [5.74, 6) is -0.928. The Hall–Kier alpha value is -3.21. The zero-order chi connectivity index (χ0) is 16.1. The van der Waals surface area contributed by atoms with E-state index < -0.39 is 12.0 Å². The minimum Gasteiger partial charge on any atom is -0.480 e. The average Bonchev–Trinajstić information content (AvgIpc) is 3.10. The minimum absolute atomic E-state index is 0.0783. The molecule has 0 saturated carbocycles. The summed E-state index contributed by atoms with van der Waals surface area (Å²) in [6, 6.07) is -0.863. The number of nitrogens with one attached hydrogen (secondary N) is 3. The minimum atomic E-state index is -1.01. The van der Waals surface area contributed by atoms with E-state index in [0.29, 0.717) is 16.9 Å². The normalized spacial score (nSPS) is 11.7. The van der Waals surface area contributed by atoms with Gasteiger partial charge in [-0.3, -0.25) is 14.6 Å². The van der Waals surface area contributed by atoms with E-state index in [4.69, 9.17) is 16.6 Å². The predicted molar refractivity (Wildman–Crippen MR) is 76.8 cm³/mol. The van der Waals surface area contributed by atoms with Gasteiger partial charge in [0.05, 0.1) is 18.3 Å². The summed E-state index contributed by atoms with van der Waals surface area (Å²) in [7, 11) is 0. The second kappa shape index (κ2) is 6.49. The van der Waals surface area contributed by atoms with Gasteiger partial charge in [-0.15, -0.1) is 0 Å². The number of rotatable bonds is 3. The molecular weight excluding hydrogens is 292 g/mol. The molecule has 0 radical (unpaired) electrons. The first-order valence-corrected chi connectivity index (χ1v) is 6.12. The highest BCUT2D eigenvalue weighted by atomic mass is 16.4. The SMILES string of the molecule is N[C@@H](Cc1c[nH]cn1)C(=O)O.Nc1nc2nc[nH]c2c(=O)[nH]1. The van der Waals surface area contributed by atoms with Crippen LogP contribution in [0.15, 0.2) is 23.6 Å². The molecule has 11 heteroatoms.